The number of hydrogen-bond acceptors (Lipinski definition) is 3. The van der Waals surface area contributed by atoms with Crippen molar-refractivity contribution in [2.75, 3.05) is 0 Å². The van der Waals surface area contributed by atoms with Crippen LogP contribution in [0, 0.1) is 0 Å². The van der Waals surface area contributed by atoms with Gasteiger partial charge in [-0.25, -0.2) is 0 Å². The van der Waals surface area contributed by atoms with E-state index in [1.165, 1.54) is 4.88 Å². The van der Waals surface area contributed by atoms with Crippen LogP contribution in [0.25, 0.3) is 0 Å². The predicted molar refractivity (Wildman–Crippen MR) is 61.4 cm³/mol. The molecule has 0 fully saturated rings. The third-order valence-electron chi connectivity index (χ3n) is 1.69. The van der Waals surface area contributed by atoms with Crippen molar-refractivity contribution in [1.82, 2.24) is 0 Å². The van der Waals surface area contributed by atoms with Crippen molar-refractivity contribution >= 4 is 35.0 Å². The molecule has 3 heteroatoms. The fraction of sp³-hybridized carbons (Fsp3) is 0.400. The predicted octanol–water partition coefficient (Wildman–Crippen LogP) is 3.93. The summed E-state index contributed by atoms with van der Waals surface area (Å²) in [7, 11) is 0. The third kappa shape index (κ3) is 2.25. The summed E-state index contributed by atoms with van der Waals surface area (Å²) in [4.78, 5) is 9.49. The Bertz CT molecular complexity index is 324. The summed E-state index contributed by atoms with van der Waals surface area (Å²) in [5.41, 5.74) is 0.936. The lowest BCUT2D eigenvalue weighted by molar-refractivity contribution is 0.890. The molecule has 0 aliphatic heterocycles. The molecule has 1 aromatic heterocycles. The van der Waals surface area contributed by atoms with Crippen LogP contribution in [-0.2, 0) is 0 Å². The van der Waals surface area contributed by atoms with Gasteiger partial charge in [-0.2, -0.15) is 0 Å². The maximum atomic E-state index is 4.23. The van der Waals surface area contributed by atoms with E-state index in [9.17, 15) is 0 Å². The second-order valence-electron chi connectivity index (χ2n) is 3.04. The third-order valence-corrected chi connectivity index (χ3v) is 3.05. The summed E-state index contributed by atoms with van der Waals surface area (Å²) in [6.45, 7) is 9.77. The Balaban J connectivity index is 3.11. The molecule has 70 valence electrons. The van der Waals surface area contributed by atoms with Crippen LogP contribution in [0.2, 0.25) is 0 Å². The van der Waals surface area contributed by atoms with E-state index in [0.29, 0.717) is 5.92 Å². The molecule has 0 bridgehead atoms. The van der Waals surface area contributed by atoms with Crippen molar-refractivity contribution in [3.8, 4) is 0 Å². The van der Waals surface area contributed by atoms with Gasteiger partial charge in [0.05, 0.1) is 5.69 Å². The summed E-state index contributed by atoms with van der Waals surface area (Å²) < 4.78 is 0. The minimum atomic E-state index is 0.534. The Morgan fingerprint density at radius 2 is 2.23 bits per heavy atom. The first-order valence-electron chi connectivity index (χ1n) is 4.28. The lowest BCUT2D eigenvalue weighted by Gasteiger charge is -1.96. The van der Waals surface area contributed by atoms with Gasteiger partial charge in [0, 0.05) is 11.1 Å². The SMILES string of the molecule is C=Nc1sc(C(C)C)cc1N=CC. The summed E-state index contributed by atoms with van der Waals surface area (Å²) >= 11 is 1.66. The molecule has 2 nitrogen and oxygen atoms in total. The van der Waals surface area contributed by atoms with Crippen molar-refractivity contribution < 1.29 is 0 Å². The van der Waals surface area contributed by atoms with Crippen LogP contribution in [0.15, 0.2) is 16.1 Å². The first-order chi connectivity index (χ1) is 6.19. The minimum Gasteiger partial charge on any atom is -0.258 e. The highest BCUT2D eigenvalue weighted by atomic mass is 32.1. The molecule has 0 unspecified atom stereocenters. The van der Waals surface area contributed by atoms with Gasteiger partial charge in [0.25, 0.3) is 0 Å². The fourth-order valence-corrected chi connectivity index (χ4v) is 1.93. The van der Waals surface area contributed by atoms with Crippen molar-refractivity contribution in [2.45, 2.75) is 26.7 Å². The lowest BCUT2D eigenvalue weighted by atomic mass is 10.2. The van der Waals surface area contributed by atoms with Crippen molar-refractivity contribution in [2.24, 2.45) is 9.98 Å². The maximum Gasteiger partial charge on any atom is 0.141 e. The van der Waals surface area contributed by atoms with E-state index in [0.717, 1.165) is 10.7 Å². The van der Waals surface area contributed by atoms with Gasteiger partial charge >= 0.3 is 0 Å². The largest absolute Gasteiger partial charge is 0.258 e. The number of nitrogens with zero attached hydrogens (tertiary/aromatic N) is 2. The van der Waals surface area contributed by atoms with E-state index in [4.69, 9.17) is 0 Å². The van der Waals surface area contributed by atoms with E-state index in [2.05, 4.69) is 36.6 Å². The van der Waals surface area contributed by atoms with E-state index in [1.54, 1.807) is 17.6 Å². The van der Waals surface area contributed by atoms with Crippen LogP contribution >= 0.6 is 11.3 Å². The van der Waals surface area contributed by atoms with Crippen LogP contribution in [0.4, 0.5) is 10.7 Å². The van der Waals surface area contributed by atoms with Crippen LogP contribution in [0.3, 0.4) is 0 Å². The first kappa shape index (κ1) is 10.1. The smallest absolute Gasteiger partial charge is 0.141 e. The molecule has 1 rings (SSSR count). The van der Waals surface area contributed by atoms with Crippen LogP contribution in [0.5, 0.6) is 0 Å². The van der Waals surface area contributed by atoms with Gasteiger partial charge in [0.1, 0.15) is 5.00 Å². The molecular weight excluding hydrogens is 180 g/mol. The van der Waals surface area contributed by atoms with Crippen molar-refractivity contribution in [1.29, 1.82) is 0 Å². The molecule has 1 heterocycles. The lowest BCUT2D eigenvalue weighted by Crippen LogP contribution is -1.77. The molecule has 13 heavy (non-hydrogen) atoms. The molecular formula is C10H14N2S. The summed E-state index contributed by atoms with van der Waals surface area (Å²) in [5, 5.41) is 0.918. The molecule has 0 aliphatic rings. The molecule has 0 spiro atoms. The Morgan fingerprint density at radius 1 is 1.54 bits per heavy atom. The zero-order valence-corrected chi connectivity index (χ0v) is 9.06. The van der Waals surface area contributed by atoms with Crippen LogP contribution in [0.1, 0.15) is 31.6 Å². The average molecular weight is 194 g/mol. The number of aliphatic imine (C=N–C) groups is 2. The summed E-state index contributed by atoms with van der Waals surface area (Å²) in [5.74, 6) is 0.534. The van der Waals surface area contributed by atoms with Gasteiger partial charge in [-0.3, -0.25) is 9.98 Å². The van der Waals surface area contributed by atoms with E-state index >= 15 is 0 Å². The molecule has 0 radical (unpaired) electrons. The number of thiophene rings is 1. The first-order valence-corrected chi connectivity index (χ1v) is 5.09. The molecule has 0 atom stereocenters. The van der Waals surface area contributed by atoms with Gasteiger partial charge < -0.3 is 0 Å². The summed E-state index contributed by atoms with van der Waals surface area (Å²) in [6, 6.07) is 2.08. The highest BCUT2D eigenvalue weighted by molar-refractivity contribution is 7.16. The van der Waals surface area contributed by atoms with Crippen molar-refractivity contribution in [3.63, 3.8) is 0 Å². The molecule has 0 N–H and O–H groups in total. The number of hydrogen-bond donors (Lipinski definition) is 0. The van der Waals surface area contributed by atoms with Gasteiger partial charge in [0.15, 0.2) is 0 Å². The molecule has 0 aromatic carbocycles. The van der Waals surface area contributed by atoms with Crippen molar-refractivity contribution in [3.05, 3.63) is 10.9 Å². The summed E-state index contributed by atoms with van der Waals surface area (Å²) in [6.07, 6.45) is 1.78. The average Bonchev–Trinajstić information content (AvgIpc) is 2.48. The van der Waals surface area contributed by atoms with Gasteiger partial charge in [-0.05, 0) is 25.6 Å². The molecule has 0 aliphatic carbocycles. The highest BCUT2D eigenvalue weighted by Crippen LogP contribution is 2.39. The normalized spacial score (nSPS) is 11.4. The van der Waals surface area contributed by atoms with Gasteiger partial charge in [0.2, 0.25) is 0 Å². The second-order valence-corrected chi connectivity index (χ2v) is 4.10. The fourth-order valence-electron chi connectivity index (χ4n) is 1.02. The monoisotopic (exact) mass is 194 g/mol. The zero-order valence-electron chi connectivity index (χ0n) is 8.24. The topological polar surface area (TPSA) is 24.7 Å². The molecule has 0 amide bonds. The molecule has 0 saturated heterocycles. The maximum absolute atomic E-state index is 4.23. The second kappa shape index (κ2) is 4.33. The van der Waals surface area contributed by atoms with E-state index in [1.807, 2.05) is 6.92 Å². The van der Waals surface area contributed by atoms with Crippen LogP contribution in [-0.4, -0.2) is 12.9 Å². The molecule has 1 aromatic rings. The Hall–Kier alpha value is -0.960. The minimum absolute atomic E-state index is 0.534. The quantitative estimate of drug-likeness (QED) is 0.651. The Labute approximate surface area is 83.1 Å². The standard InChI is InChI=1S/C10H14N2S/c1-5-12-8-6-9(7(2)3)13-10(8)11-4/h5-7H,4H2,1-3H3. The van der Waals surface area contributed by atoms with E-state index < -0.39 is 0 Å². The Kier molecular flexibility index (Phi) is 3.37. The zero-order chi connectivity index (χ0) is 9.84. The Morgan fingerprint density at radius 3 is 2.69 bits per heavy atom. The van der Waals surface area contributed by atoms with Gasteiger partial charge in [-0.1, -0.05) is 13.8 Å². The number of rotatable bonds is 3. The van der Waals surface area contributed by atoms with E-state index in [-0.39, 0.29) is 0 Å². The highest BCUT2D eigenvalue weighted by Gasteiger charge is 2.08. The van der Waals surface area contributed by atoms with Gasteiger partial charge in [-0.15, -0.1) is 11.3 Å². The van der Waals surface area contributed by atoms with Crippen LogP contribution < -0.4 is 0 Å². The molecule has 0 saturated carbocycles.